The molecule has 0 nitrogen and oxygen atoms in total. The van der Waals surface area contributed by atoms with E-state index >= 15 is 0 Å². The van der Waals surface area contributed by atoms with Crippen LogP contribution < -0.4 is 5.19 Å². The number of hydrogen-bond donors (Lipinski definition) is 0. The Morgan fingerprint density at radius 2 is 2.09 bits per heavy atom. The fraction of sp³-hybridized carbons (Fsp3) is 0.111. The first kappa shape index (κ1) is 8.21. The van der Waals surface area contributed by atoms with Crippen LogP contribution in [0.3, 0.4) is 0 Å². The minimum atomic E-state index is -0.997. The highest BCUT2D eigenvalue weighted by molar-refractivity contribution is 6.33. The van der Waals surface area contributed by atoms with Crippen molar-refractivity contribution in [3.05, 3.63) is 42.5 Å². The van der Waals surface area contributed by atoms with E-state index < -0.39 is 6.17 Å². The van der Waals surface area contributed by atoms with E-state index in [9.17, 15) is 4.39 Å². The van der Waals surface area contributed by atoms with Crippen molar-refractivity contribution < 1.29 is 4.39 Å². The smallest absolute Gasteiger partial charge is 0.143 e. The minimum absolute atomic E-state index is 0.772. The van der Waals surface area contributed by atoms with Crippen molar-refractivity contribution in [3.63, 3.8) is 0 Å². The Morgan fingerprint density at radius 3 is 2.64 bits per heavy atom. The third-order valence-electron chi connectivity index (χ3n) is 1.69. The standard InChI is InChI=1S/C9H11FSi/c1-2-8(10)7-5-3-4-6-9(7)11/h2-6,8H,1H2,11H3. The van der Waals surface area contributed by atoms with Crippen molar-refractivity contribution in [2.24, 2.45) is 0 Å². The molecular weight excluding hydrogens is 155 g/mol. The van der Waals surface area contributed by atoms with Gasteiger partial charge in [0.2, 0.25) is 0 Å². The average Bonchev–Trinajstić information content (AvgIpc) is 2.04. The van der Waals surface area contributed by atoms with Crippen LogP contribution in [0, 0.1) is 0 Å². The Kier molecular flexibility index (Phi) is 2.60. The molecule has 1 aromatic carbocycles. The van der Waals surface area contributed by atoms with Crippen LogP contribution in [0.15, 0.2) is 36.9 Å². The van der Waals surface area contributed by atoms with Gasteiger partial charge in [0.1, 0.15) is 6.17 Å². The Bertz CT molecular complexity index is 257. The number of alkyl halides is 1. The van der Waals surface area contributed by atoms with Gasteiger partial charge in [0.15, 0.2) is 0 Å². The van der Waals surface area contributed by atoms with Crippen LogP contribution >= 0.6 is 0 Å². The number of benzene rings is 1. The summed E-state index contributed by atoms with van der Waals surface area (Å²) in [5.41, 5.74) is 0.772. The van der Waals surface area contributed by atoms with Crippen LogP contribution in [0.2, 0.25) is 0 Å². The van der Waals surface area contributed by atoms with Crippen molar-refractivity contribution in [3.8, 4) is 0 Å². The molecule has 1 unspecified atom stereocenters. The molecule has 0 N–H and O–H groups in total. The lowest BCUT2D eigenvalue weighted by Gasteiger charge is -2.05. The molecule has 0 spiro atoms. The predicted molar refractivity (Wildman–Crippen MR) is 50.1 cm³/mol. The SMILES string of the molecule is C=CC(F)c1ccccc1[SiH3]. The Hall–Kier alpha value is -0.893. The molecule has 0 saturated carbocycles. The molecule has 0 aliphatic heterocycles. The highest BCUT2D eigenvalue weighted by atomic mass is 28.1. The van der Waals surface area contributed by atoms with Crippen molar-refractivity contribution in [1.29, 1.82) is 0 Å². The van der Waals surface area contributed by atoms with Gasteiger partial charge in [-0.25, -0.2) is 4.39 Å². The summed E-state index contributed by atoms with van der Waals surface area (Å²) in [6.07, 6.45) is 0.334. The maximum atomic E-state index is 13.0. The Morgan fingerprint density at radius 1 is 1.45 bits per heavy atom. The lowest BCUT2D eigenvalue weighted by molar-refractivity contribution is 0.417. The number of halogens is 1. The summed E-state index contributed by atoms with van der Waals surface area (Å²) < 4.78 is 13.0. The summed E-state index contributed by atoms with van der Waals surface area (Å²) >= 11 is 0. The second-order valence-corrected chi connectivity index (χ2v) is 3.57. The summed E-state index contributed by atoms with van der Waals surface area (Å²) in [6, 6.07) is 7.56. The molecule has 1 rings (SSSR count). The van der Waals surface area contributed by atoms with E-state index in [1.54, 1.807) is 0 Å². The predicted octanol–water partition coefficient (Wildman–Crippen LogP) is 0.874. The lowest BCUT2D eigenvalue weighted by atomic mass is 10.1. The van der Waals surface area contributed by atoms with Crippen LogP contribution in [0.25, 0.3) is 0 Å². The fourth-order valence-electron chi connectivity index (χ4n) is 1.02. The van der Waals surface area contributed by atoms with E-state index in [1.165, 1.54) is 6.08 Å². The average molecular weight is 166 g/mol. The van der Waals surface area contributed by atoms with Crippen LogP contribution in [-0.4, -0.2) is 10.2 Å². The van der Waals surface area contributed by atoms with Crippen LogP contribution in [-0.2, 0) is 0 Å². The molecular formula is C9H11FSi. The van der Waals surface area contributed by atoms with Gasteiger partial charge in [-0.3, -0.25) is 0 Å². The van der Waals surface area contributed by atoms with Crippen molar-refractivity contribution in [1.82, 2.24) is 0 Å². The Balaban J connectivity index is 3.02. The zero-order valence-corrected chi connectivity index (χ0v) is 8.55. The molecule has 0 saturated heterocycles. The van der Waals surface area contributed by atoms with Gasteiger partial charge in [-0.05, 0) is 5.56 Å². The van der Waals surface area contributed by atoms with Gasteiger partial charge in [-0.1, -0.05) is 42.1 Å². The van der Waals surface area contributed by atoms with Gasteiger partial charge in [-0.2, -0.15) is 0 Å². The highest BCUT2D eigenvalue weighted by Gasteiger charge is 2.05. The van der Waals surface area contributed by atoms with E-state index in [0.29, 0.717) is 0 Å². The van der Waals surface area contributed by atoms with Crippen LogP contribution in [0.5, 0.6) is 0 Å². The first-order valence-corrected chi connectivity index (χ1v) is 4.58. The van der Waals surface area contributed by atoms with Crippen LogP contribution in [0.4, 0.5) is 4.39 Å². The van der Waals surface area contributed by atoms with Gasteiger partial charge in [-0.15, -0.1) is 0 Å². The Labute approximate surface area is 69.2 Å². The van der Waals surface area contributed by atoms with Crippen molar-refractivity contribution in [2.45, 2.75) is 6.17 Å². The zero-order chi connectivity index (χ0) is 8.27. The molecule has 0 amide bonds. The molecule has 2 heteroatoms. The third-order valence-corrected chi connectivity index (χ3v) is 2.60. The molecule has 0 aromatic heterocycles. The molecule has 58 valence electrons. The number of allylic oxidation sites excluding steroid dienone is 1. The molecule has 0 aliphatic rings. The van der Waals surface area contributed by atoms with Gasteiger partial charge >= 0.3 is 0 Å². The summed E-state index contributed by atoms with van der Waals surface area (Å²) in [6.45, 7) is 3.42. The van der Waals surface area contributed by atoms with Gasteiger partial charge in [0, 0.05) is 10.2 Å². The van der Waals surface area contributed by atoms with Crippen molar-refractivity contribution in [2.75, 3.05) is 0 Å². The van der Waals surface area contributed by atoms with E-state index in [1.807, 2.05) is 24.3 Å². The topological polar surface area (TPSA) is 0 Å². The molecule has 0 heterocycles. The molecule has 0 bridgehead atoms. The second kappa shape index (κ2) is 3.48. The second-order valence-electron chi connectivity index (χ2n) is 2.49. The largest absolute Gasteiger partial charge is 0.238 e. The summed E-state index contributed by atoms with van der Waals surface area (Å²) in [5, 5.41) is 1.11. The van der Waals surface area contributed by atoms with E-state index in [0.717, 1.165) is 21.0 Å². The molecule has 0 aliphatic carbocycles. The zero-order valence-electron chi connectivity index (χ0n) is 6.55. The fourth-order valence-corrected chi connectivity index (χ4v) is 1.66. The normalized spacial score (nSPS) is 12.8. The summed E-state index contributed by atoms with van der Waals surface area (Å²) in [5.74, 6) is 0. The van der Waals surface area contributed by atoms with E-state index in [-0.39, 0.29) is 0 Å². The van der Waals surface area contributed by atoms with Crippen LogP contribution in [0.1, 0.15) is 11.7 Å². The number of rotatable bonds is 2. The molecule has 0 radical (unpaired) electrons. The maximum absolute atomic E-state index is 13.0. The maximum Gasteiger partial charge on any atom is 0.143 e. The van der Waals surface area contributed by atoms with E-state index in [4.69, 9.17) is 0 Å². The van der Waals surface area contributed by atoms with Gasteiger partial charge in [0.05, 0.1) is 0 Å². The molecule has 1 atom stereocenters. The first-order valence-electron chi connectivity index (χ1n) is 3.58. The summed E-state index contributed by atoms with van der Waals surface area (Å²) in [7, 11) is 0.890. The first-order chi connectivity index (χ1) is 5.25. The van der Waals surface area contributed by atoms with Gasteiger partial charge in [0.25, 0.3) is 0 Å². The van der Waals surface area contributed by atoms with Crippen molar-refractivity contribution >= 4 is 15.4 Å². The minimum Gasteiger partial charge on any atom is -0.238 e. The monoisotopic (exact) mass is 166 g/mol. The quantitative estimate of drug-likeness (QED) is 0.452. The molecule has 11 heavy (non-hydrogen) atoms. The summed E-state index contributed by atoms with van der Waals surface area (Å²) in [4.78, 5) is 0. The van der Waals surface area contributed by atoms with E-state index in [2.05, 4.69) is 6.58 Å². The third kappa shape index (κ3) is 1.77. The molecule has 1 aromatic rings. The molecule has 0 fully saturated rings. The van der Waals surface area contributed by atoms with Gasteiger partial charge < -0.3 is 0 Å². The highest BCUT2D eigenvalue weighted by Crippen LogP contribution is 2.14. The lowest BCUT2D eigenvalue weighted by Crippen LogP contribution is -2.10. The number of hydrogen-bond acceptors (Lipinski definition) is 0.